The van der Waals surface area contributed by atoms with Crippen molar-refractivity contribution in [2.45, 2.75) is 6.92 Å². The lowest BCUT2D eigenvalue weighted by atomic mass is 10.1. The third kappa shape index (κ3) is 2.24. The number of rotatable bonds is 2. The SMILES string of the molecule is COc1ccc(-c2cn3cc(Br)ccc3n2)cc1C. The van der Waals surface area contributed by atoms with Crippen molar-refractivity contribution in [3.63, 3.8) is 0 Å². The molecule has 3 aromatic rings. The lowest BCUT2D eigenvalue weighted by Crippen LogP contribution is -1.87. The van der Waals surface area contributed by atoms with Gasteiger partial charge in [0.25, 0.3) is 0 Å². The molecule has 2 aromatic heterocycles. The van der Waals surface area contributed by atoms with Gasteiger partial charge in [0.2, 0.25) is 0 Å². The summed E-state index contributed by atoms with van der Waals surface area (Å²) in [4.78, 5) is 4.62. The Kier molecular flexibility index (Phi) is 3.03. The number of imidazole rings is 1. The molecule has 3 rings (SSSR count). The number of benzene rings is 1. The number of hydrogen-bond acceptors (Lipinski definition) is 2. The summed E-state index contributed by atoms with van der Waals surface area (Å²) < 4.78 is 8.33. The first kappa shape index (κ1) is 12.2. The van der Waals surface area contributed by atoms with Gasteiger partial charge in [-0.15, -0.1) is 0 Å². The monoisotopic (exact) mass is 316 g/mol. The second-order valence-corrected chi connectivity index (χ2v) is 5.34. The predicted octanol–water partition coefficient (Wildman–Crippen LogP) is 4.08. The van der Waals surface area contributed by atoms with E-state index in [9.17, 15) is 0 Å². The summed E-state index contributed by atoms with van der Waals surface area (Å²) in [7, 11) is 1.68. The van der Waals surface area contributed by atoms with Crippen LogP contribution >= 0.6 is 15.9 Å². The zero-order chi connectivity index (χ0) is 13.4. The first-order valence-electron chi connectivity index (χ1n) is 5.96. The maximum absolute atomic E-state index is 5.28. The van der Waals surface area contributed by atoms with E-state index in [0.29, 0.717) is 0 Å². The van der Waals surface area contributed by atoms with Crippen LogP contribution in [0.15, 0.2) is 47.2 Å². The fourth-order valence-electron chi connectivity index (χ4n) is 2.14. The molecule has 2 heterocycles. The van der Waals surface area contributed by atoms with Crippen molar-refractivity contribution in [3.8, 4) is 17.0 Å². The lowest BCUT2D eigenvalue weighted by Gasteiger charge is -2.05. The van der Waals surface area contributed by atoms with Crippen LogP contribution in [0, 0.1) is 6.92 Å². The second kappa shape index (κ2) is 4.70. The molecule has 0 saturated heterocycles. The van der Waals surface area contributed by atoms with Crippen molar-refractivity contribution in [2.75, 3.05) is 7.11 Å². The molecule has 0 N–H and O–H groups in total. The van der Waals surface area contributed by atoms with Crippen LogP contribution in [0.2, 0.25) is 0 Å². The van der Waals surface area contributed by atoms with E-state index in [1.54, 1.807) is 7.11 Å². The van der Waals surface area contributed by atoms with Gasteiger partial charge in [-0.3, -0.25) is 0 Å². The highest BCUT2D eigenvalue weighted by atomic mass is 79.9. The number of fused-ring (bicyclic) bond motifs is 1. The Hall–Kier alpha value is -1.81. The van der Waals surface area contributed by atoms with Crippen LogP contribution in [-0.2, 0) is 0 Å². The van der Waals surface area contributed by atoms with E-state index in [-0.39, 0.29) is 0 Å². The van der Waals surface area contributed by atoms with Crippen LogP contribution in [0.3, 0.4) is 0 Å². The van der Waals surface area contributed by atoms with E-state index in [2.05, 4.69) is 27.0 Å². The molecule has 0 aliphatic carbocycles. The smallest absolute Gasteiger partial charge is 0.137 e. The summed E-state index contributed by atoms with van der Waals surface area (Å²) in [6, 6.07) is 10.1. The van der Waals surface area contributed by atoms with Gasteiger partial charge in [-0.1, -0.05) is 0 Å². The fourth-order valence-corrected chi connectivity index (χ4v) is 2.49. The quantitative estimate of drug-likeness (QED) is 0.712. The molecule has 96 valence electrons. The van der Waals surface area contributed by atoms with Gasteiger partial charge in [0, 0.05) is 22.4 Å². The van der Waals surface area contributed by atoms with Crippen LogP contribution in [-0.4, -0.2) is 16.5 Å². The Morgan fingerprint density at radius 3 is 2.74 bits per heavy atom. The van der Waals surface area contributed by atoms with Crippen LogP contribution in [0.4, 0.5) is 0 Å². The minimum absolute atomic E-state index is 0.898. The van der Waals surface area contributed by atoms with Crippen LogP contribution in [0.5, 0.6) is 5.75 Å². The molecule has 0 saturated carbocycles. The van der Waals surface area contributed by atoms with Gasteiger partial charge in [-0.2, -0.15) is 0 Å². The zero-order valence-electron chi connectivity index (χ0n) is 10.7. The molecule has 0 atom stereocenters. The Morgan fingerprint density at radius 2 is 2.00 bits per heavy atom. The largest absolute Gasteiger partial charge is 0.496 e. The van der Waals surface area contributed by atoms with E-state index >= 15 is 0 Å². The van der Waals surface area contributed by atoms with Crippen molar-refractivity contribution < 1.29 is 4.74 Å². The molecular weight excluding hydrogens is 304 g/mol. The highest BCUT2D eigenvalue weighted by Gasteiger charge is 2.06. The average Bonchev–Trinajstić information content (AvgIpc) is 2.81. The zero-order valence-corrected chi connectivity index (χ0v) is 12.3. The summed E-state index contributed by atoms with van der Waals surface area (Å²) in [5.74, 6) is 0.898. The molecule has 0 aliphatic heterocycles. The van der Waals surface area contributed by atoms with E-state index in [4.69, 9.17) is 4.74 Å². The number of aryl methyl sites for hydroxylation is 1. The topological polar surface area (TPSA) is 26.5 Å². The Bertz CT molecular complexity index is 749. The number of pyridine rings is 1. The number of methoxy groups -OCH3 is 1. The van der Waals surface area contributed by atoms with E-state index in [1.807, 2.05) is 48.0 Å². The molecule has 0 amide bonds. The summed E-state index contributed by atoms with van der Waals surface area (Å²) in [5, 5.41) is 0. The molecule has 3 nitrogen and oxygen atoms in total. The third-order valence-electron chi connectivity index (χ3n) is 3.11. The molecule has 0 spiro atoms. The van der Waals surface area contributed by atoms with Crippen molar-refractivity contribution >= 4 is 21.6 Å². The summed E-state index contributed by atoms with van der Waals surface area (Å²) in [5.41, 5.74) is 4.10. The molecule has 0 aliphatic rings. The predicted molar refractivity (Wildman–Crippen MR) is 79.6 cm³/mol. The van der Waals surface area contributed by atoms with E-state index in [1.165, 1.54) is 0 Å². The van der Waals surface area contributed by atoms with Gasteiger partial charge in [0.05, 0.1) is 12.8 Å². The number of ether oxygens (including phenoxy) is 1. The van der Waals surface area contributed by atoms with Crippen molar-refractivity contribution in [3.05, 3.63) is 52.8 Å². The molecule has 0 unspecified atom stereocenters. The molecule has 4 heteroatoms. The number of aromatic nitrogens is 2. The molecule has 19 heavy (non-hydrogen) atoms. The van der Waals surface area contributed by atoms with Gasteiger partial charge < -0.3 is 9.14 Å². The first-order valence-corrected chi connectivity index (χ1v) is 6.76. The molecule has 1 aromatic carbocycles. The Labute approximate surface area is 120 Å². The van der Waals surface area contributed by atoms with Crippen LogP contribution in [0.1, 0.15) is 5.56 Å². The van der Waals surface area contributed by atoms with E-state index in [0.717, 1.165) is 32.7 Å². The average molecular weight is 317 g/mol. The summed E-state index contributed by atoms with van der Waals surface area (Å²) in [6.07, 6.45) is 4.03. The number of halogens is 1. The van der Waals surface area contributed by atoms with Gasteiger partial charge in [0.15, 0.2) is 0 Å². The maximum Gasteiger partial charge on any atom is 0.137 e. The highest BCUT2D eigenvalue weighted by molar-refractivity contribution is 9.10. The van der Waals surface area contributed by atoms with Crippen LogP contribution in [0.25, 0.3) is 16.9 Å². The second-order valence-electron chi connectivity index (χ2n) is 4.42. The Morgan fingerprint density at radius 1 is 1.16 bits per heavy atom. The van der Waals surface area contributed by atoms with Gasteiger partial charge in [0.1, 0.15) is 11.4 Å². The van der Waals surface area contributed by atoms with Gasteiger partial charge in [-0.05, 0) is 58.7 Å². The molecular formula is C15H13BrN2O. The standard InChI is InChI=1S/C15H13BrN2O/c1-10-7-11(3-5-14(10)19-2)13-9-18-8-12(16)4-6-15(18)17-13/h3-9H,1-2H3. The van der Waals surface area contributed by atoms with Crippen molar-refractivity contribution in [1.29, 1.82) is 0 Å². The Balaban J connectivity index is 2.11. The van der Waals surface area contributed by atoms with Gasteiger partial charge in [-0.25, -0.2) is 4.98 Å². The molecule has 0 fully saturated rings. The summed E-state index contributed by atoms with van der Waals surface area (Å²) >= 11 is 3.46. The number of hydrogen-bond donors (Lipinski definition) is 0. The van der Waals surface area contributed by atoms with Crippen molar-refractivity contribution in [1.82, 2.24) is 9.38 Å². The normalized spacial score (nSPS) is 10.9. The third-order valence-corrected chi connectivity index (χ3v) is 3.57. The van der Waals surface area contributed by atoms with Gasteiger partial charge >= 0.3 is 0 Å². The van der Waals surface area contributed by atoms with Crippen LogP contribution < -0.4 is 4.74 Å². The molecule has 0 radical (unpaired) electrons. The minimum atomic E-state index is 0.898. The fraction of sp³-hybridized carbons (Fsp3) is 0.133. The number of nitrogens with zero attached hydrogens (tertiary/aromatic N) is 2. The minimum Gasteiger partial charge on any atom is -0.496 e. The summed E-state index contributed by atoms with van der Waals surface area (Å²) in [6.45, 7) is 2.04. The highest BCUT2D eigenvalue weighted by Crippen LogP contribution is 2.26. The maximum atomic E-state index is 5.28. The van der Waals surface area contributed by atoms with E-state index < -0.39 is 0 Å². The lowest BCUT2D eigenvalue weighted by molar-refractivity contribution is 0.412. The first-order chi connectivity index (χ1) is 9.17. The van der Waals surface area contributed by atoms with Crippen molar-refractivity contribution in [2.24, 2.45) is 0 Å². The molecule has 0 bridgehead atoms.